The van der Waals surface area contributed by atoms with Crippen molar-refractivity contribution in [1.82, 2.24) is 14.9 Å². The van der Waals surface area contributed by atoms with Crippen LogP contribution in [0.15, 0.2) is 17.1 Å². The van der Waals surface area contributed by atoms with E-state index < -0.39 is 6.03 Å². The molecule has 0 aliphatic rings. The zero-order chi connectivity index (χ0) is 15.8. The van der Waals surface area contributed by atoms with E-state index in [4.69, 9.17) is 10.1 Å². The number of carbonyl (C=O) groups excluding carboxylic acids is 1. The molecule has 0 atom stereocenters. The monoisotopic (exact) mass is 294 g/mol. The van der Waals surface area contributed by atoms with E-state index in [9.17, 15) is 9.59 Å². The summed E-state index contributed by atoms with van der Waals surface area (Å²) in [5.41, 5.74) is 0.131. The molecule has 1 aromatic rings. The third-order valence-corrected chi connectivity index (χ3v) is 2.98. The second-order valence-electron chi connectivity index (χ2n) is 4.60. The first-order valence-electron chi connectivity index (χ1n) is 6.66. The van der Waals surface area contributed by atoms with Gasteiger partial charge in [-0.2, -0.15) is 0 Å². The number of pyridine rings is 1. The van der Waals surface area contributed by atoms with Crippen molar-refractivity contribution in [2.24, 2.45) is 0 Å². The van der Waals surface area contributed by atoms with E-state index in [0.29, 0.717) is 12.2 Å². The molecule has 21 heavy (non-hydrogen) atoms. The van der Waals surface area contributed by atoms with Gasteiger partial charge in [0.2, 0.25) is 5.43 Å². The summed E-state index contributed by atoms with van der Waals surface area (Å²) in [4.78, 5) is 28.0. The minimum Gasteiger partial charge on any atom is -0.491 e. The number of H-pyrrole nitrogens is 1. The molecule has 0 radical (unpaired) electrons. The normalized spacial score (nSPS) is 9.81. The molecule has 1 rings (SSSR count). The lowest BCUT2D eigenvalue weighted by atomic mass is 10.3. The summed E-state index contributed by atoms with van der Waals surface area (Å²) in [5, 5.41) is 12.8. The summed E-state index contributed by atoms with van der Waals surface area (Å²) < 4.78 is 4.86. The fraction of sp³-hybridized carbons (Fsp3) is 0.538. The fourth-order valence-corrected chi connectivity index (χ4v) is 1.74. The lowest BCUT2D eigenvalue weighted by molar-refractivity contribution is 0.175. The third-order valence-electron chi connectivity index (χ3n) is 2.98. The molecule has 114 valence electrons. The van der Waals surface area contributed by atoms with Crippen LogP contribution in [0.25, 0.3) is 5.08 Å². The number of aromatic amines is 1. The van der Waals surface area contributed by atoms with E-state index in [0.717, 1.165) is 17.9 Å². The molecule has 8 nitrogen and oxygen atoms in total. The Morgan fingerprint density at radius 1 is 1.52 bits per heavy atom. The number of unbranched alkanes of at least 4 members (excludes halogenated alkanes) is 1. The zero-order valence-corrected chi connectivity index (χ0v) is 12.5. The van der Waals surface area contributed by atoms with Crippen LogP contribution in [0.2, 0.25) is 0 Å². The molecule has 0 spiro atoms. The van der Waals surface area contributed by atoms with Crippen molar-refractivity contribution < 1.29 is 9.53 Å². The number of hydrogen-bond donors (Lipinski definition) is 1. The van der Waals surface area contributed by atoms with Gasteiger partial charge >= 0.3 is 11.1 Å². The molecule has 0 aliphatic heterocycles. The highest BCUT2D eigenvalue weighted by Gasteiger charge is 2.28. The maximum absolute atomic E-state index is 12.1. The number of ether oxygens (including phenoxy) is 1. The summed E-state index contributed by atoms with van der Waals surface area (Å²) in [6.45, 7) is 2.56. The number of urea groups is 1. The molecule has 8 heteroatoms. The minimum atomic E-state index is -0.442. The largest absolute Gasteiger partial charge is 0.491 e. The Balaban J connectivity index is 2.78. The number of carbonyl (C=O) groups is 1. The molecule has 1 aromatic heterocycles. The van der Waals surface area contributed by atoms with Gasteiger partial charge in [-0.3, -0.25) is 4.79 Å². The number of methoxy groups -OCH3 is 1. The number of nitrogens with one attached hydrogen (secondary N) is 1. The first-order valence-corrected chi connectivity index (χ1v) is 6.66. The molecule has 0 saturated heterocycles. The molecule has 0 aliphatic carbocycles. The predicted octanol–water partition coefficient (Wildman–Crippen LogP) is 1.81. The number of aromatic nitrogens is 1. The highest BCUT2D eigenvalue weighted by molar-refractivity contribution is 5.74. The van der Waals surface area contributed by atoms with Gasteiger partial charge in [0.1, 0.15) is 6.54 Å². The Labute approximate surface area is 122 Å². The topological polar surface area (TPSA) is 93.8 Å². The number of diazo groups is 1. The average molecular weight is 294 g/mol. The Morgan fingerprint density at radius 3 is 2.76 bits per heavy atom. The standard InChI is InChI=1S/C13H19N5O3/c1-4-5-6-17(2)13(20)18(16-14)9-10-7-11(19)12(21-3)8-15-10/h7-8H,4-6,9H2,1-3H3/p+1. The Morgan fingerprint density at radius 2 is 2.24 bits per heavy atom. The van der Waals surface area contributed by atoms with Gasteiger partial charge in [-0.1, -0.05) is 13.3 Å². The van der Waals surface area contributed by atoms with Crippen molar-refractivity contribution in [3.05, 3.63) is 33.3 Å². The van der Waals surface area contributed by atoms with E-state index in [1.165, 1.54) is 24.3 Å². The van der Waals surface area contributed by atoms with Crippen LogP contribution in [-0.2, 0) is 6.54 Å². The lowest BCUT2D eigenvalue weighted by Gasteiger charge is -2.15. The van der Waals surface area contributed by atoms with Crippen molar-refractivity contribution in [2.75, 3.05) is 20.7 Å². The zero-order valence-electron chi connectivity index (χ0n) is 12.5. The van der Waals surface area contributed by atoms with Crippen molar-refractivity contribution in [3.63, 3.8) is 0 Å². The molecular formula is C13H20N5O3+. The SMILES string of the molecule is CCCCN(C)C(=O)N(Cc1cc(=O)c(OC)c[nH]1)[N+]#N. The molecular weight excluding hydrogens is 274 g/mol. The van der Waals surface area contributed by atoms with Gasteiger partial charge in [0.05, 0.1) is 12.1 Å². The summed E-state index contributed by atoms with van der Waals surface area (Å²) >= 11 is 0. The summed E-state index contributed by atoms with van der Waals surface area (Å²) in [6.07, 6.45) is 3.22. The van der Waals surface area contributed by atoms with Crippen LogP contribution >= 0.6 is 0 Å². The van der Waals surface area contributed by atoms with Gasteiger partial charge < -0.3 is 14.6 Å². The quantitative estimate of drug-likeness (QED) is 0.639. The van der Waals surface area contributed by atoms with E-state index in [1.54, 1.807) is 7.05 Å². The van der Waals surface area contributed by atoms with Crippen molar-refractivity contribution in [2.45, 2.75) is 26.3 Å². The Bertz CT molecular complexity index is 578. The second kappa shape index (κ2) is 7.89. The first kappa shape index (κ1) is 16.5. The van der Waals surface area contributed by atoms with Gasteiger partial charge in [0.25, 0.3) is 5.39 Å². The van der Waals surface area contributed by atoms with Crippen LogP contribution in [-0.4, -0.2) is 41.6 Å². The Kier molecular flexibility index (Phi) is 6.20. The Hall–Kier alpha value is -2.56. The van der Waals surface area contributed by atoms with E-state index in [1.807, 2.05) is 6.92 Å². The van der Waals surface area contributed by atoms with Gasteiger partial charge in [0, 0.05) is 31.5 Å². The van der Waals surface area contributed by atoms with Gasteiger partial charge in [-0.15, -0.1) is 0 Å². The predicted molar refractivity (Wildman–Crippen MR) is 77.2 cm³/mol. The molecule has 0 saturated carbocycles. The van der Waals surface area contributed by atoms with Crippen LogP contribution < -0.4 is 10.2 Å². The molecule has 0 fully saturated rings. The number of rotatable bonds is 6. The highest BCUT2D eigenvalue weighted by atomic mass is 16.5. The maximum Gasteiger partial charge on any atom is 0.393 e. The number of nitrogens with zero attached hydrogens (tertiary/aromatic N) is 4. The number of amides is 2. The number of hydrogen-bond acceptors (Lipinski definition) is 4. The second-order valence-corrected chi connectivity index (χ2v) is 4.60. The first-order chi connectivity index (χ1) is 10.0. The summed E-state index contributed by atoms with van der Waals surface area (Å²) in [7, 11) is 3.03. The molecule has 2 amide bonds. The van der Waals surface area contributed by atoms with E-state index in [2.05, 4.69) is 10.1 Å². The van der Waals surface area contributed by atoms with Gasteiger partial charge in [-0.25, -0.2) is 4.79 Å². The molecule has 0 bridgehead atoms. The average Bonchev–Trinajstić information content (AvgIpc) is 2.49. The van der Waals surface area contributed by atoms with E-state index >= 15 is 0 Å². The molecule has 1 N–H and O–H groups in total. The highest BCUT2D eigenvalue weighted by Crippen LogP contribution is 2.07. The molecule has 0 aromatic carbocycles. The summed E-state index contributed by atoms with van der Waals surface area (Å²) in [6, 6.07) is 0.860. The van der Waals surface area contributed by atoms with Gasteiger partial charge in [-0.05, 0) is 6.42 Å². The molecule has 0 unspecified atom stereocenters. The van der Waals surface area contributed by atoms with E-state index in [-0.39, 0.29) is 17.7 Å². The van der Waals surface area contributed by atoms with Crippen LogP contribution in [0.1, 0.15) is 25.5 Å². The minimum absolute atomic E-state index is 0.0367. The van der Waals surface area contributed by atoms with Crippen LogP contribution in [0.5, 0.6) is 5.75 Å². The molecule has 1 heterocycles. The van der Waals surface area contributed by atoms with Crippen LogP contribution in [0, 0.1) is 5.39 Å². The third kappa shape index (κ3) is 4.49. The smallest absolute Gasteiger partial charge is 0.393 e. The van der Waals surface area contributed by atoms with Crippen molar-refractivity contribution in [3.8, 4) is 5.75 Å². The van der Waals surface area contributed by atoms with Crippen molar-refractivity contribution >= 4 is 6.03 Å². The lowest BCUT2D eigenvalue weighted by Crippen LogP contribution is -2.37. The van der Waals surface area contributed by atoms with Gasteiger partial charge in [0.15, 0.2) is 5.75 Å². The van der Waals surface area contributed by atoms with Crippen LogP contribution in [0.4, 0.5) is 4.79 Å². The van der Waals surface area contributed by atoms with Crippen molar-refractivity contribution in [1.29, 1.82) is 5.39 Å². The fourth-order valence-electron chi connectivity index (χ4n) is 1.74. The summed E-state index contributed by atoms with van der Waals surface area (Å²) in [5.74, 6) is 0.178. The van der Waals surface area contributed by atoms with Crippen LogP contribution in [0.3, 0.4) is 0 Å². The maximum atomic E-state index is 12.1.